The summed E-state index contributed by atoms with van der Waals surface area (Å²) in [4.78, 5) is 3.91. The van der Waals surface area contributed by atoms with E-state index in [0.717, 1.165) is 37.7 Å². The van der Waals surface area contributed by atoms with Crippen LogP contribution in [-0.2, 0) is 0 Å². The van der Waals surface area contributed by atoms with Crippen LogP contribution in [0.15, 0.2) is 35.7 Å². The quantitative estimate of drug-likeness (QED) is 0.912. The Morgan fingerprint density at radius 1 is 1.13 bits per heavy atom. The Bertz CT molecular complexity index is 607. The fraction of sp³-hybridized carbons (Fsp3) is 0.444. The van der Waals surface area contributed by atoms with Crippen molar-refractivity contribution < 1.29 is 9.47 Å². The van der Waals surface area contributed by atoms with Gasteiger partial charge in [-0.3, -0.25) is 4.90 Å². The first-order valence-electron chi connectivity index (χ1n) is 8.03. The van der Waals surface area contributed by atoms with Crippen molar-refractivity contribution in [3.8, 4) is 11.5 Å². The maximum Gasteiger partial charge on any atom is 0.127 e. The van der Waals surface area contributed by atoms with E-state index in [4.69, 9.17) is 9.47 Å². The van der Waals surface area contributed by atoms with Gasteiger partial charge in [0.05, 0.1) is 20.3 Å². The molecule has 2 heterocycles. The van der Waals surface area contributed by atoms with Gasteiger partial charge in [0.1, 0.15) is 11.5 Å². The summed E-state index contributed by atoms with van der Waals surface area (Å²) in [7, 11) is 3.42. The highest BCUT2D eigenvalue weighted by Gasteiger charge is 2.26. The molecule has 1 atom stereocenters. The average molecular weight is 332 g/mol. The molecule has 3 rings (SSSR count). The van der Waals surface area contributed by atoms with Gasteiger partial charge in [-0.2, -0.15) is 0 Å². The molecule has 0 radical (unpaired) electrons. The fourth-order valence-electron chi connectivity index (χ4n) is 3.15. The molecule has 1 fully saturated rings. The molecule has 1 aromatic carbocycles. The van der Waals surface area contributed by atoms with Gasteiger partial charge in [0.25, 0.3) is 0 Å². The first-order valence-corrected chi connectivity index (χ1v) is 8.91. The number of benzene rings is 1. The molecule has 1 aromatic heterocycles. The van der Waals surface area contributed by atoms with Gasteiger partial charge in [-0.25, -0.2) is 0 Å². The predicted molar refractivity (Wildman–Crippen MR) is 94.8 cm³/mol. The topological polar surface area (TPSA) is 33.7 Å². The number of thiophene rings is 1. The largest absolute Gasteiger partial charge is 0.497 e. The Labute approximate surface area is 142 Å². The van der Waals surface area contributed by atoms with Crippen LogP contribution in [0.25, 0.3) is 0 Å². The minimum Gasteiger partial charge on any atom is -0.497 e. The van der Waals surface area contributed by atoms with Crippen molar-refractivity contribution in [2.75, 3.05) is 40.4 Å². The lowest BCUT2D eigenvalue weighted by Gasteiger charge is -2.31. The van der Waals surface area contributed by atoms with Gasteiger partial charge in [-0.05, 0) is 36.5 Å². The van der Waals surface area contributed by atoms with Crippen molar-refractivity contribution in [2.45, 2.75) is 12.5 Å². The molecule has 23 heavy (non-hydrogen) atoms. The molecule has 0 bridgehead atoms. The van der Waals surface area contributed by atoms with E-state index in [9.17, 15) is 0 Å². The molecule has 0 saturated carbocycles. The first-order chi connectivity index (χ1) is 11.3. The number of hydrogen-bond donors (Lipinski definition) is 1. The standard InChI is InChI=1S/C18H24N2O2S/c1-21-14-6-7-15(16(13-14)22-2)18(17-5-3-12-23-17)20-10-4-8-19-9-11-20/h3,5-7,12-13,18-19H,4,8-11H2,1-2H3. The number of methoxy groups -OCH3 is 2. The van der Waals surface area contributed by atoms with Gasteiger partial charge < -0.3 is 14.8 Å². The summed E-state index contributed by atoms with van der Waals surface area (Å²) in [6.45, 7) is 4.25. The predicted octanol–water partition coefficient (Wildman–Crippen LogP) is 3.15. The molecule has 0 amide bonds. The molecule has 124 valence electrons. The first kappa shape index (κ1) is 16.3. The van der Waals surface area contributed by atoms with E-state index < -0.39 is 0 Å². The van der Waals surface area contributed by atoms with Gasteiger partial charge in [-0.1, -0.05) is 6.07 Å². The van der Waals surface area contributed by atoms with Crippen LogP contribution in [-0.4, -0.2) is 45.3 Å². The molecule has 1 aliphatic heterocycles. The van der Waals surface area contributed by atoms with Crippen molar-refractivity contribution in [1.82, 2.24) is 10.2 Å². The molecule has 0 aliphatic carbocycles. The van der Waals surface area contributed by atoms with Crippen LogP contribution in [0.5, 0.6) is 11.5 Å². The normalized spacial score (nSPS) is 17.5. The van der Waals surface area contributed by atoms with Crippen LogP contribution in [0, 0.1) is 0 Å². The fourth-order valence-corrected chi connectivity index (χ4v) is 4.02. The summed E-state index contributed by atoms with van der Waals surface area (Å²) < 4.78 is 11.0. The Hall–Kier alpha value is -1.56. The highest BCUT2D eigenvalue weighted by atomic mass is 32.1. The minimum atomic E-state index is 0.232. The molecule has 0 spiro atoms. The second-order valence-electron chi connectivity index (χ2n) is 5.67. The highest BCUT2D eigenvalue weighted by Crippen LogP contribution is 2.38. The lowest BCUT2D eigenvalue weighted by atomic mass is 10.0. The van der Waals surface area contributed by atoms with Crippen molar-refractivity contribution in [1.29, 1.82) is 0 Å². The zero-order chi connectivity index (χ0) is 16.1. The van der Waals surface area contributed by atoms with E-state index in [1.54, 1.807) is 25.6 Å². The van der Waals surface area contributed by atoms with Crippen LogP contribution in [0.1, 0.15) is 22.9 Å². The molecular formula is C18H24N2O2S. The molecule has 1 aliphatic rings. The van der Waals surface area contributed by atoms with E-state index >= 15 is 0 Å². The lowest BCUT2D eigenvalue weighted by Crippen LogP contribution is -2.32. The van der Waals surface area contributed by atoms with Crippen LogP contribution in [0.2, 0.25) is 0 Å². The number of nitrogens with zero attached hydrogens (tertiary/aromatic N) is 1. The van der Waals surface area contributed by atoms with Gasteiger partial charge in [0.15, 0.2) is 0 Å². The minimum absolute atomic E-state index is 0.232. The molecular weight excluding hydrogens is 308 g/mol. The van der Waals surface area contributed by atoms with E-state index in [1.807, 2.05) is 12.1 Å². The van der Waals surface area contributed by atoms with E-state index in [2.05, 4.69) is 33.8 Å². The summed E-state index contributed by atoms with van der Waals surface area (Å²) in [6, 6.07) is 10.7. The summed E-state index contributed by atoms with van der Waals surface area (Å²) in [5.41, 5.74) is 1.21. The van der Waals surface area contributed by atoms with E-state index in [-0.39, 0.29) is 6.04 Å². The smallest absolute Gasteiger partial charge is 0.127 e. The Kier molecular flexibility index (Phi) is 5.54. The number of ether oxygens (including phenoxy) is 2. The molecule has 1 unspecified atom stereocenters. The SMILES string of the molecule is COc1ccc(C(c2cccs2)N2CCCNCC2)c(OC)c1. The second-order valence-corrected chi connectivity index (χ2v) is 6.64. The van der Waals surface area contributed by atoms with E-state index in [0.29, 0.717) is 0 Å². The van der Waals surface area contributed by atoms with Gasteiger partial charge in [0, 0.05) is 36.1 Å². The Morgan fingerprint density at radius 2 is 2.04 bits per heavy atom. The zero-order valence-electron chi connectivity index (χ0n) is 13.7. The van der Waals surface area contributed by atoms with Crippen molar-refractivity contribution in [2.24, 2.45) is 0 Å². The number of rotatable bonds is 5. The van der Waals surface area contributed by atoms with Gasteiger partial charge >= 0.3 is 0 Å². The summed E-state index contributed by atoms with van der Waals surface area (Å²) in [5.74, 6) is 1.72. The molecule has 5 heteroatoms. The third kappa shape index (κ3) is 3.68. The average Bonchev–Trinajstić information content (AvgIpc) is 2.98. The molecule has 1 saturated heterocycles. The Balaban J connectivity index is 2.01. The molecule has 2 aromatic rings. The third-order valence-electron chi connectivity index (χ3n) is 4.29. The maximum absolute atomic E-state index is 5.67. The van der Waals surface area contributed by atoms with Crippen molar-refractivity contribution in [3.63, 3.8) is 0 Å². The second kappa shape index (κ2) is 7.81. The summed E-state index contributed by atoms with van der Waals surface area (Å²) in [6.07, 6.45) is 1.17. The molecule has 4 nitrogen and oxygen atoms in total. The van der Waals surface area contributed by atoms with Crippen LogP contribution >= 0.6 is 11.3 Å². The van der Waals surface area contributed by atoms with Crippen molar-refractivity contribution >= 4 is 11.3 Å². The Morgan fingerprint density at radius 3 is 2.78 bits per heavy atom. The van der Waals surface area contributed by atoms with Crippen LogP contribution < -0.4 is 14.8 Å². The van der Waals surface area contributed by atoms with Crippen molar-refractivity contribution in [3.05, 3.63) is 46.2 Å². The van der Waals surface area contributed by atoms with Gasteiger partial charge in [0.2, 0.25) is 0 Å². The third-order valence-corrected chi connectivity index (χ3v) is 5.21. The van der Waals surface area contributed by atoms with Crippen LogP contribution in [0.3, 0.4) is 0 Å². The monoisotopic (exact) mass is 332 g/mol. The summed E-state index contributed by atoms with van der Waals surface area (Å²) in [5, 5.41) is 5.63. The van der Waals surface area contributed by atoms with E-state index in [1.165, 1.54) is 16.9 Å². The number of hydrogen-bond acceptors (Lipinski definition) is 5. The summed E-state index contributed by atoms with van der Waals surface area (Å²) >= 11 is 1.81. The highest BCUT2D eigenvalue weighted by molar-refractivity contribution is 7.10. The zero-order valence-corrected chi connectivity index (χ0v) is 14.6. The molecule has 1 N–H and O–H groups in total. The van der Waals surface area contributed by atoms with Crippen LogP contribution in [0.4, 0.5) is 0 Å². The maximum atomic E-state index is 5.67. The lowest BCUT2D eigenvalue weighted by molar-refractivity contribution is 0.239. The van der Waals surface area contributed by atoms with Gasteiger partial charge in [-0.15, -0.1) is 11.3 Å². The number of nitrogens with one attached hydrogen (secondary N) is 1.